The number of carbonyl (C=O) groups excluding carboxylic acids is 2. The summed E-state index contributed by atoms with van der Waals surface area (Å²) in [6.45, 7) is 6.89. The zero-order valence-corrected chi connectivity index (χ0v) is 15.4. The summed E-state index contributed by atoms with van der Waals surface area (Å²) in [5, 5.41) is 0. The van der Waals surface area contributed by atoms with Crippen molar-refractivity contribution in [2.24, 2.45) is 0 Å². The highest BCUT2D eigenvalue weighted by Gasteiger charge is 2.24. The van der Waals surface area contributed by atoms with Gasteiger partial charge in [0.05, 0.1) is 12.8 Å². The summed E-state index contributed by atoms with van der Waals surface area (Å²) in [6.07, 6.45) is 1.57. The fourth-order valence-corrected chi connectivity index (χ4v) is 3.17. The molecule has 0 atom stereocenters. The quantitative estimate of drug-likeness (QED) is 0.826. The average molecular weight is 355 g/mol. The smallest absolute Gasteiger partial charge is 0.242 e. The van der Waals surface area contributed by atoms with Crippen molar-refractivity contribution in [2.75, 3.05) is 37.6 Å². The predicted molar refractivity (Wildman–Crippen MR) is 99.8 cm³/mol. The van der Waals surface area contributed by atoms with Crippen molar-refractivity contribution >= 4 is 17.5 Å². The molecule has 0 radical (unpaired) electrons. The number of anilines is 1. The molecule has 1 fully saturated rings. The van der Waals surface area contributed by atoms with Gasteiger partial charge in [-0.2, -0.15) is 0 Å². The molecular weight excluding hydrogens is 330 g/mol. The van der Waals surface area contributed by atoms with Crippen LogP contribution in [0.15, 0.2) is 47.1 Å². The fraction of sp³-hybridized carbons (Fsp3) is 0.400. The summed E-state index contributed by atoms with van der Waals surface area (Å²) < 4.78 is 5.29. The number of benzene rings is 1. The van der Waals surface area contributed by atoms with Crippen molar-refractivity contribution in [3.63, 3.8) is 0 Å². The van der Waals surface area contributed by atoms with Gasteiger partial charge in [-0.1, -0.05) is 12.1 Å². The van der Waals surface area contributed by atoms with E-state index in [-0.39, 0.29) is 18.4 Å². The van der Waals surface area contributed by atoms with E-state index in [1.807, 2.05) is 4.90 Å². The van der Waals surface area contributed by atoms with E-state index in [1.54, 1.807) is 18.4 Å². The Morgan fingerprint density at radius 2 is 1.88 bits per heavy atom. The van der Waals surface area contributed by atoms with Crippen molar-refractivity contribution in [3.8, 4) is 0 Å². The second-order valence-corrected chi connectivity index (χ2v) is 6.66. The van der Waals surface area contributed by atoms with E-state index in [0.29, 0.717) is 25.4 Å². The number of piperazine rings is 1. The minimum atomic E-state index is -0.131. The zero-order valence-electron chi connectivity index (χ0n) is 15.4. The zero-order chi connectivity index (χ0) is 18.5. The van der Waals surface area contributed by atoms with E-state index in [2.05, 4.69) is 36.1 Å². The first-order valence-electron chi connectivity index (χ1n) is 8.90. The highest BCUT2D eigenvalue weighted by molar-refractivity contribution is 5.84. The Morgan fingerprint density at radius 3 is 2.50 bits per heavy atom. The third kappa shape index (κ3) is 4.45. The Hall–Kier alpha value is -2.76. The molecule has 0 bridgehead atoms. The van der Waals surface area contributed by atoms with Crippen LogP contribution in [0, 0.1) is 6.92 Å². The first-order chi connectivity index (χ1) is 12.5. The summed E-state index contributed by atoms with van der Waals surface area (Å²) in [5.74, 6) is 0.529. The van der Waals surface area contributed by atoms with Crippen LogP contribution < -0.4 is 4.90 Å². The van der Waals surface area contributed by atoms with Gasteiger partial charge in [-0.15, -0.1) is 0 Å². The van der Waals surface area contributed by atoms with Crippen molar-refractivity contribution in [1.82, 2.24) is 9.80 Å². The van der Waals surface area contributed by atoms with Crippen molar-refractivity contribution in [1.29, 1.82) is 0 Å². The molecule has 2 amide bonds. The SMILES string of the molecule is CC(=O)N(CC(=O)N1CCN(c2cccc(C)c2)CC1)Cc1ccco1. The van der Waals surface area contributed by atoms with E-state index < -0.39 is 0 Å². The predicted octanol–water partition coefficient (Wildman–Crippen LogP) is 2.29. The third-order valence-corrected chi connectivity index (χ3v) is 4.70. The molecular formula is C20H25N3O3. The number of rotatable bonds is 5. The lowest BCUT2D eigenvalue weighted by molar-refractivity contribution is -0.140. The molecule has 0 saturated carbocycles. The van der Waals surface area contributed by atoms with Gasteiger partial charge < -0.3 is 19.1 Å². The topological polar surface area (TPSA) is 57.0 Å². The summed E-state index contributed by atoms with van der Waals surface area (Å²) in [5.41, 5.74) is 2.43. The number of hydrogen-bond donors (Lipinski definition) is 0. The minimum absolute atomic E-state index is 0.0179. The normalized spacial score (nSPS) is 14.4. The van der Waals surface area contributed by atoms with Gasteiger partial charge in [0, 0.05) is 38.8 Å². The van der Waals surface area contributed by atoms with Gasteiger partial charge in [0.25, 0.3) is 0 Å². The van der Waals surface area contributed by atoms with Crippen LogP contribution in [0.3, 0.4) is 0 Å². The summed E-state index contributed by atoms with van der Waals surface area (Å²) >= 11 is 0. The molecule has 0 spiro atoms. The largest absolute Gasteiger partial charge is 0.467 e. The lowest BCUT2D eigenvalue weighted by atomic mass is 10.2. The van der Waals surface area contributed by atoms with Gasteiger partial charge in [-0.05, 0) is 36.8 Å². The maximum absolute atomic E-state index is 12.6. The Labute approximate surface area is 154 Å². The summed E-state index contributed by atoms with van der Waals surface area (Å²) in [6, 6.07) is 12.0. The van der Waals surface area contributed by atoms with Crippen LogP contribution in [-0.2, 0) is 16.1 Å². The molecule has 1 aromatic heterocycles. The second kappa shape index (κ2) is 8.08. The summed E-state index contributed by atoms with van der Waals surface area (Å²) in [4.78, 5) is 30.1. The number of nitrogens with zero attached hydrogens (tertiary/aromatic N) is 3. The second-order valence-electron chi connectivity index (χ2n) is 6.66. The maximum Gasteiger partial charge on any atom is 0.242 e. The number of amides is 2. The molecule has 0 unspecified atom stereocenters. The van der Waals surface area contributed by atoms with Crippen molar-refractivity contribution < 1.29 is 14.0 Å². The number of hydrogen-bond acceptors (Lipinski definition) is 4. The van der Waals surface area contributed by atoms with Crippen LogP contribution in [0.5, 0.6) is 0 Å². The Balaban J connectivity index is 1.54. The maximum atomic E-state index is 12.6. The van der Waals surface area contributed by atoms with Gasteiger partial charge >= 0.3 is 0 Å². The van der Waals surface area contributed by atoms with Gasteiger partial charge in [0.1, 0.15) is 12.3 Å². The number of furan rings is 1. The van der Waals surface area contributed by atoms with Crippen LogP contribution in [-0.4, -0.2) is 54.3 Å². The van der Waals surface area contributed by atoms with Crippen molar-refractivity contribution in [2.45, 2.75) is 20.4 Å². The molecule has 0 aliphatic carbocycles. The van der Waals surface area contributed by atoms with E-state index >= 15 is 0 Å². The molecule has 1 aliphatic rings. The first-order valence-corrected chi connectivity index (χ1v) is 8.90. The number of aryl methyl sites for hydroxylation is 1. The van der Waals surface area contributed by atoms with Crippen LogP contribution in [0.1, 0.15) is 18.2 Å². The van der Waals surface area contributed by atoms with Gasteiger partial charge in [-0.3, -0.25) is 9.59 Å². The molecule has 1 saturated heterocycles. The van der Waals surface area contributed by atoms with E-state index in [9.17, 15) is 9.59 Å². The standard InChI is InChI=1S/C20H25N3O3/c1-16-5-3-6-18(13-16)21-8-10-22(11-9-21)20(25)15-23(17(2)24)14-19-7-4-12-26-19/h3-7,12-13H,8-11,14-15H2,1-2H3. The molecule has 2 aromatic rings. The van der Waals surface area contributed by atoms with Gasteiger partial charge in [0.2, 0.25) is 11.8 Å². The fourth-order valence-electron chi connectivity index (χ4n) is 3.17. The Kier molecular flexibility index (Phi) is 5.61. The Bertz CT molecular complexity index is 749. The molecule has 1 aliphatic heterocycles. The van der Waals surface area contributed by atoms with Gasteiger partial charge in [0.15, 0.2) is 0 Å². The lowest BCUT2D eigenvalue weighted by Gasteiger charge is -2.37. The summed E-state index contributed by atoms with van der Waals surface area (Å²) in [7, 11) is 0. The van der Waals surface area contributed by atoms with E-state index in [0.717, 1.165) is 13.1 Å². The van der Waals surface area contributed by atoms with Crippen LogP contribution in [0.2, 0.25) is 0 Å². The Morgan fingerprint density at radius 1 is 1.12 bits per heavy atom. The third-order valence-electron chi connectivity index (χ3n) is 4.70. The van der Waals surface area contributed by atoms with E-state index in [1.165, 1.54) is 23.1 Å². The highest BCUT2D eigenvalue weighted by Crippen LogP contribution is 2.18. The molecule has 3 rings (SSSR count). The molecule has 138 valence electrons. The monoisotopic (exact) mass is 355 g/mol. The minimum Gasteiger partial charge on any atom is -0.467 e. The number of carbonyl (C=O) groups is 2. The molecule has 6 nitrogen and oxygen atoms in total. The molecule has 0 N–H and O–H groups in total. The highest BCUT2D eigenvalue weighted by atomic mass is 16.3. The molecule has 6 heteroatoms. The average Bonchev–Trinajstić information content (AvgIpc) is 3.14. The van der Waals surface area contributed by atoms with Crippen LogP contribution >= 0.6 is 0 Å². The molecule has 26 heavy (non-hydrogen) atoms. The first kappa shape index (κ1) is 18.0. The lowest BCUT2D eigenvalue weighted by Crippen LogP contribution is -2.51. The van der Waals surface area contributed by atoms with Gasteiger partial charge in [-0.25, -0.2) is 0 Å². The molecule has 1 aromatic carbocycles. The van der Waals surface area contributed by atoms with Crippen LogP contribution in [0.4, 0.5) is 5.69 Å². The van der Waals surface area contributed by atoms with E-state index in [4.69, 9.17) is 4.42 Å². The van der Waals surface area contributed by atoms with Crippen molar-refractivity contribution in [3.05, 3.63) is 54.0 Å². The van der Waals surface area contributed by atoms with Crippen LogP contribution in [0.25, 0.3) is 0 Å². The molecule has 2 heterocycles.